The monoisotopic (exact) mass is 275 g/mol. The number of nitrogens with one attached hydrogen (secondary N) is 2. The van der Waals surface area contributed by atoms with E-state index in [2.05, 4.69) is 72.1 Å². The third-order valence-corrected chi connectivity index (χ3v) is 3.09. The second kappa shape index (κ2) is 6.11. The van der Waals surface area contributed by atoms with Gasteiger partial charge in [0.2, 0.25) is 5.95 Å². The zero-order valence-corrected chi connectivity index (χ0v) is 13.1. The number of fused-ring (bicyclic) bond motifs is 1. The van der Waals surface area contributed by atoms with Crippen LogP contribution in [0.2, 0.25) is 0 Å². The highest BCUT2D eigenvalue weighted by atomic mass is 15.2. The molecule has 0 aliphatic heterocycles. The highest BCUT2D eigenvalue weighted by Crippen LogP contribution is 2.26. The molecule has 5 nitrogen and oxygen atoms in total. The van der Waals surface area contributed by atoms with Crippen LogP contribution in [0, 0.1) is 0 Å². The fourth-order valence-corrected chi connectivity index (χ4v) is 2.15. The lowest BCUT2D eigenvalue weighted by molar-refractivity contribution is 0.618. The van der Waals surface area contributed by atoms with Gasteiger partial charge in [-0.3, -0.25) is 0 Å². The van der Waals surface area contributed by atoms with E-state index in [9.17, 15) is 0 Å². The molecule has 2 N–H and O–H groups in total. The summed E-state index contributed by atoms with van der Waals surface area (Å²) in [5.41, 5.74) is 0.983. The predicted molar refractivity (Wildman–Crippen MR) is 85.5 cm³/mol. The van der Waals surface area contributed by atoms with Crippen molar-refractivity contribution in [2.45, 2.75) is 53.1 Å². The zero-order chi connectivity index (χ0) is 14.7. The molecule has 0 aliphatic carbocycles. The molecule has 0 atom stereocenters. The lowest BCUT2D eigenvalue weighted by Gasteiger charge is -2.14. The molecule has 0 aliphatic rings. The average molecular weight is 275 g/mol. The fraction of sp³-hybridized carbons (Fsp3) is 0.600. The zero-order valence-electron chi connectivity index (χ0n) is 13.1. The van der Waals surface area contributed by atoms with Crippen LogP contribution < -0.4 is 10.6 Å². The first-order valence-corrected chi connectivity index (χ1v) is 7.42. The van der Waals surface area contributed by atoms with Crippen LogP contribution in [0.15, 0.2) is 12.3 Å². The van der Waals surface area contributed by atoms with E-state index in [1.54, 1.807) is 0 Å². The molecule has 2 heterocycles. The van der Waals surface area contributed by atoms with Crippen LogP contribution in [0.25, 0.3) is 11.0 Å². The van der Waals surface area contributed by atoms with Gasteiger partial charge < -0.3 is 15.2 Å². The van der Waals surface area contributed by atoms with Gasteiger partial charge in [-0.1, -0.05) is 6.92 Å². The lowest BCUT2D eigenvalue weighted by atomic mass is 10.3. The molecule has 2 rings (SSSR count). The van der Waals surface area contributed by atoms with Crippen LogP contribution in [0.4, 0.5) is 11.8 Å². The second-order valence-electron chi connectivity index (χ2n) is 5.68. The Morgan fingerprint density at radius 3 is 2.55 bits per heavy atom. The van der Waals surface area contributed by atoms with E-state index in [1.807, 2.05) is 0 Å². The van der Waals surface area contributed by atoms with Gasteiger partial charge in [-0.05, 0) is 40.2 Å². The van der Waals surface area contributed by atoms with E-state index in [0.29, 0.717) is 18.0 Å². The summed E-state index contributed by atoms with van der Waals surface area (Å²) < 4.78 is 2.18. The Morgan fingerprint density at radius 1 is 1.20 bits per heavy atom. The number of anilines is 2. The molecule has 0 saturated carbocycles. The van der Waals surface area contributed by atoms with Crippen LogP contribution in [0.1, 0.15) is 47.1 Å². The van der Waals surface area contributed by atoms with Gasteiger partial charge in [0.1, 0.15) is 11.5 Å². The van der Waals surface area contributed by atoms with Crippen molar-refractivity contribution in [1.29, 1.82) is 0 Å². The third-order valence-electron chi connectivity index (χ3n) is 3.09. The summed E-state index contributed by atoms with van der Waals surface area (Å²) in [5.74, 6) is 1.60. The van der Waals surface area contributed by atoms with Crippen molar-refractivity contribution in [1.82, 2.24) is 14.5 Å². The highest BCUT2D eigenvalue weighted by Gasteiger charge is 2.13. The SMILES string of the molecule is CCCNc1nc(NC(C)C)c2ccn(C(C)C)c2n1. The van der Waals surface area contributed by atoms with E-state index in [0.717, 1.165) is 29.8 Å². The minimum Gasteiger partial charge on any atom is -0.367 e. The normalized spacial score (nSPS) is 11.6. The van der Waals surface area contributed by atoms with Crippen LogP contribution in [-0.2, 0) is 0 Å². The standard InChI is InChI=1S/C15H25N5/c1-6-8-16-15-18-13(17-10(2)3)12-7-9-20(11(4)5)14(12)19-15/h7,9-11H,6,8H2,1-5H3,(H2,16,17,18,19). The van der Waals surface area contributed by atoms with Gasteiger partial charge in [-0.15, -0.1) is 0 Å². The number of hydrogen-bond acceptors (Lipinski definition) is 4. The first-order valence-electron chi connectivity index (χ1n) is 7.42. The van der Waals surface area contributed by atoms with Gasteiger partial charge in [0.15, 0.2) is 0 Å². The second-order valence-corrected chi connectivity index (χ2v) is 5.68. The molecule has 0 aromatic carbocycles. The van der Waals surface area contributed by atoms with Gasteiger partial charge in [-0.2, -0.15) is 9.97 Å². The molecule has 20 heavy (non-hydrogen) atoms. The molecule has 110 valence electrons. The Hall–Kier alpha value is -1.78. The van der Waals surface area contributed by atoms with Crippen LogP contribution in [0.3, 0.4) is 0 Å². The lowest BCUT2D eigenvalue weighted by Crippen LogP contribution is -2.14. The highest BCUT2D eigenvalue weighted by molar-refractivity contribution is 5.88. The molecule has 0 unspecified atom stereocenters. The summed E-state index contributed by atoms with van der Waals surface area (Å²) in [6, 6.07) is 2.81. The Bertz CT molecular complexity index is 571. The molecule has 2 aromatic heterocycles. The summed E-state index contributed by atoms with van der Waals surface area (Å²) in [4.78, 5) is 9.27. The van der Waals surface area contributed by atoms with Gasteiger partial charge in [0.25, 0.3) is 0 Å². The first-order chi connectivity index (χ1) is 9.52. The van der Waals surface area contributed by atoms with Gasteiger partial charge in [0.05, 0.1) is 5.39 Å². The summed E-state index contributed by atoms with van der Waals surface area (Å²) in [5, 5.41) is 7.77. The van der Waals surface area contributed by atoms with Gasteiger partial charge >= 0.3 is 0 Å². The summed E-state index contributed by atoms with van der Waals surface area (Å²) in [7, 11) is 0. The number of aromatic nitrogens is 3. The smallest absolute Gasteiger partial charge is 0.226 e. The molecule has 0 bridgehead atoms. The van der Waals surface area contributed by atoms with E-state index in [4.69, 9.17) is 0 Å². The fourth-order valence-electron chi connectivity index (χ4n) is 2.15. The summed E-state index contributed by atoms with van der Waals surface area (Å²) >= 11 is 0. The van der Waals surface area contributed by atoms with Crippen LogP contribution in [-0.4, -0.2) is 27.1 Å². The van der Waals surface area contributed by atoms with Gasteiger partial charge in [0, 0.05) is 24.8 Å². The number of nitrogens with zero attached hydrogens (tertiary/aromatic N) is 3. The maximum Gasteiger partial charge on any atom is 0.226 e. The number of hydrogen-bond donors (Lipinski definition) is 2. The Labute approximate surface area is 120 Å². The average Bonchev–Trinajstić information content (AvgIpc) is 2.79. The molecular formula is C15H25N5. The van der Waals surface area contributed by atoms with Gasteiger partial charge in [-0.25, -0.2) is 0 Å². The van der Waals surface area contributed by atoms with Crippen LogP contribution in [0.5, 0.6) is 0 Å². The molecule has 2 aromatic rings. The molecule has 0 saturated heterocycles. The topological polar surface area (TPSA) is 54.8 Å². The van der Waals surface area contributed by atoms with E-state index in [1.165, 1.54) is 0 Å². The molecular weight excluding hydrogens is 250 g/mol. The first kappa shape index (κ1) is 14.6. The minimum absolute atomic E-state index is 0.342. The Morgan fingerprint density at radius 2 is 1.95 bits per heavy atom. The molecule has 5 heteroatoms. The predicted octanol–water partition coefficient (Wildman–Crippen LogP) is 3.65. The van der Waals surface area contributed by atoms with Crippen molar-refractivity contribution in [3.63, 3.8) is 0 Å². The van der Waals surface area contributed by atoms with Crippen LogP contribution >= 0.6 is 0 Å². The van der Waals surface area contributed by atoms with E-state index >= 15 is 0 Å². The van der Waals surface area contributed by atoms with Crippen molar-refractivity contribution in [2.24, 2.45) is 0 Å². The third kappa shape index (κ3) is 3.03. The Balaban J connectivity index is 2.51. The maximum absolute atomic E-state index is 4.66. The Kier molecular flexibility index (Phi) is 4.47. The molecule has 0 fully saturated rings. The van der Waals surface area contributed by atoms with Crippen molar-refractivity contribution >= 4 is 22.8 Å². The van der Waals surface area contributed by atoms with E-state index < -0.39 is 0 Å². The largest absolute Gasteiger partial charge is 0.367 e. The molecule has 0 spiro atoms. The van der Waals surface area contributed by atoms with Crippen molar-refractivity contribution in [3.8, 4) is 0 Å². The molecule has 0 radical (unpaired) electrons. The summed E-state index contributed by atoms with van der Waals surface area (Å²) in [6.07, 6.45) is 3.14. The maximum atomic E-state index is 4.66. The molecule has 0 amide bonds. The summed E-state index contributed by atoms with van der Waals surface area (Å²) in [6.45, 7) is 11.6. The van der Waals surface area contributed by atoms with Crippen molar-refractivity contribution in [2.75, 3.05) is 17.2 Å². The van der Waals surface area contributed by atoms with E-state index in [-0.39, 0.29) is 0 Å². The van der Waals surface area contributed by atoms with Crippen molar-refractivity contribution < 1.29 is 0 Å². The van der Waals surface area contributed by atoms with Crippen molar-refractivity contribution in [3.05, 3.63) is 12.3 Å². The number of rotatable bonds is 6. The quantitative estimate of drug-likeness (QED) is 0.845. The minimum atomic E-state index is 0.342.